The summed E-state index contributed by atoms with van der Waals surface area (Å²) >= 11 is 0. The molecule has 0 heterocycles. The quantitative estimate of drug-likeness (QED) is 0.453. The lowest BCUT2D eigenvalue weighted by atomic mass is 9.89. The van der Waals surface area contributed by atoms with Crippen molar-refractivity contribution < 1.29 is 14.4 Å². The lowest BCUT2D eigenvalue weighted by Gasteiger charge is -2.18. The van der Waals surface area contributed by atoms with Crippen LogP contribution >= 0.6 is 0 Å². The number of hydrogen-bond donors (Lipinski definition) is 0. The summed E-state index contributed by atoms with van der Waals surface area (Å²) in [6, 6.07) is 0. The van der Waals surface area contributed by atoms with E-state index in [1.165, 1.54) is 6.42 Å². The van der Waals surface area contributed by atoms with E-state index in [1.807, 2.05) is 13.8 Å². The first-order valence-electron chi connectivity index (χ1n) is 7.72. The third kappa shape index (κ3) is 3.90. The Morgan fingerprint density at radius 3 is 2.52 bits per heavy atom. The molecule has 2 aliphatic rings. The smallest absolute Gasteiger partial charge is 0.317 e. The highest BCUT2D eigenvalue weighted by Crippen LogP contribution is 2.25. The Labute approximate surface area is 125 Å². The number of rotatable bonds is 3. The number of hydrogen-bond acceptors (Lipinski definition) is 4. The van der Waals surface area contributed by atoms with E-state index in [0.717, 1.165) is 31.3 Å². The highest BCUT2D eigenvalue weighted by atomic mass is 16.7. The Morgan fingerprint density at radius 2 is 1.90 bits per heavy atom. The van der Waals surface area contributed by atoms with Crippen molar-refractivity contribution in [2.45, 2.75) is 52.9 Å². The third-order valence-electron chi connectivity index (χ3n) is 4.12. The average Bonchev–Trinajstić information content (AvgIpc) is 2.46. The van der Waals surface area contributed by atoms with Gasteiger partial charge in [0.05, 0.1) is 5.92 Å². The Hall–Kier alpha value is -1.71. The fourth-order valence-electron chi connectivity index (χ4n) is 2.74. The second-order valence-corrected chi connectivity index (χ2v) is 6.17. The van der Waals surface area contributed by atoms with Crippen LogP contribution in [0.1, 0.15) is 52.9 Å². The van der Waals surface area contributed by atoms with Gasteiger partial charge >= 0.3 is 5.97 Å². The van der Waals surface area contributed by atoms with Crippen molar-refractivity contribution in [3.8, 4) is 0 Å². The maximum Gasteiger partial charge on any atom is 0.338 e. The van der Waals surface area contributed by atoms with Crippen molar-refractivity contribution in [3.63, 3.8) is 0 Å². The van der Waals surface area contributed by atoms with Crippen molar-refractivity contribution in [2.24, 2.45) is 17.0 Å². The van der Waals surface area contributed by atoms with Gasteiger partial charge in [0.25, 0.3) is 0 Å². The zero-order chi connectivity index (χ0) is 15.4. The number of nitrogens with zero attached hydrogens (tertiary/aromatic N) is 1. The van der Waals surface area contributed by atoms with Crippen molar-refractivity contribution in [1.29, 1.82) is 0 Å². The molecule has 0 aromatic carbocycles. The molecule has 1 saturated carbocycles. The van der Waals surface area contributed by atoms with Gasteiger partial charge in [-0.05, 0) is 43.4 Å². The largest absolute Gasteiger partial charge is 0.338 e. The Kier molecular flexibility index (Phi) is 5.10. The van der Waals surface area contributed by atoms with Gasteiger partial charge in [0, 0.05) is 5.57 Å². The van der Waals surface area contributed by atoms with Crippen LogP contribution in [0.3, 0.4) is 0 Å². The molecule has 1 fully saturated rings. The van der Waals surface area contributed by atoms with Crippen LogP contribution in [-0.2, 0) is 14.4 Å². The van der Waals surface area contributed by atoms with E-state index >= 15 is 0 Å². The van der Waals surface area contributed by atoms with Crippen molar-refractivity contribution in [2.75, 3.05) is 0 Å². The molecule has 0 radical (unpaired) electrons. The van der Waals surface area contributed by atoms with Crippen LogP contribution in [0.25, 0.3) is 0 Å². The molecule has 4 nitrogen and oxygen atoms in total. The molecule has 0 aromatic rings. The highest BCUT2D eigenvalue weighted by Gasteiger charge is 2.24. The SMILES string of the molecule is CC1=CC(=O)C(C(C)C)=CC1=NOC(=O)C1CCCCC1. The number of ketones is 1. The molecule has 0 amide bonds. The normalized spacial score (nSPS) is 22.3. The first-order chi connectivity index (χ1) is 9.99. The topological polar surface area (TPSA) is 55.7 Å². The molecule has 0 bridgehead atoms. The van der Waals surface area contributed by atoms with E-state index in [9.17, 15) is 9.59 Å². The van der Waals surface area contributed by atoms with E-state index in [0.29, 0.717) is 11.3 Å². The predicted molar refractivity (Wildman–Crippen MR) is 81.8 cm³/mol. The minimum absolute atomic E-state index is 0.0139. The molecule has 4 heteroatoms. The summed E-state index contributed by atoms with van der Waals surface area (Å²) in [5.41, 5.74) is 2.01. The molecule has 0 atom stereocenters. The van der Waals surface area contributed by atoms with Crippen LogP contribution in [0, 0.1) is 11.8 Å². The molecule has 0 aromatic heterocycles. The molecule has 2 aliphatic carbocycles. The van der Waals surface area contributed by atoms with Gasteiger partial charge < -0.3 is 4.84 Å². The molecule has 0 saturated heterocycles. The molecule has 2 rings (SSSR count). The first kappa shape index (κ1) is 15.7. The van der Waals surface area contributed by atoms with E-state index in [4.69, 9.17) is 4.84 Å². The zero-order valence-corrected chi connectivity index (χ0v) is 13.0. The van der Waals surface area contributed by atoms with Crippen LogP contribution in [0.5, 0.6) is 0 Å². The Balaban J connectivity index is 2.07. The third-order valence-corrected chi connectivity index (χ3v) is 4.12. The lowest BCUT2D eigenvalue weighted by Crippen LogP contribution is -2.20. The van der Waals surface area contributed by atoms with Crippen LogP contribution in [0.15, 0.2) is 28.5 Å². The molecule has 114 valence electrons. The second kappa shape index (κ2) is 6.83. The van der Waals surface area contributed by atoms with Crippen molar-refractivity contribution in [1.82, 2.24) is 0 Å². The number of allylic oxidation sites excluding steroid dienone is 4. The fourth-order valence-corrected chi connectivity index (χ4v) is 2.74. The predicted octanol–water partition coefficient (Wildman–Crippen LogP) is 3.58. The second-order valence-electron chi connectivity index (χ2n) is 6.17. The summed E-state index contributed by atoms with van der Waals surface area (Å²) in [6.07, 6.45) is 8.44. The van der Waals surface area contributed by atoms with Crippen molar-refractivity contribution in [3.05, 3.63) is 23.3 Å². The maximum absolute atomic E-state index is 12.0. The maximum atomic E-state index is 12.0. The monoisotopic (exact) mass is 289 g/mol. The Bertz CT molecular complexity index is 520. The molecule has 21 heavy (non-hydrogen) atoms. The van der Waals surface area contributed by atoms with Gasteiger partial charge in [-0.3, -0.25) is 4.79 Å². The van der Waals surface area contributed by atoms with Gasteiger partial charge in [-0.15, -0.1) is 0 Å². The first-order valence-corrected chi connectivity index (χ1v) is 7.72. The van der Waals surface area contributed by atoms with Gasteiger partial charge in [0.2, 0.25) is 0 Å². The molecule has 0 unspecified atom stereocenters. The van der Waals surface area contributed by atoms with E-state index in [-0.39, 0.29) is 23.6 Å². The summed E-state index contributed by atoms with van der Waals surface area (Å²) in [6.45, 7) is 5.73. The molecular weight excluding hydrogens is 266 g/mol. The van der Waals surface area contributed by atoms with Crippen LogP contribution in [0.4, 0.5) is 0 Å². The summed E-state index contributed by atoms with van der Waals surface area (Å²) in [7, 11) is 0. The van der Waals surface area contributed by atoms with Crippen LogP contribution < -0.4 is 0 Å². The Morgan fingerprint density at radius 1 is 1.24 bits per heavy atom. The summed E-state index contributed by atoms with van der Waals surface area (Å²) in [4.78, 5) is 29.0. The minimum atomic E-state index is -0.244. The number of carbonyl (C=O) groups is 2. The van der Waals surface area contributed by atoms with Gasteiger partial charge in [-0.1, -0.05) is 38.3 Å². The van der Waals surface area contributed by atoms with Gasteiger partial charge in [-0.25, -0.2) is 4.79 Å². The minimum Gasteiger partial charge on any atom is -0.317 e. The van der Waals surface area contributed by atoms with E-state index in [1.54, 1.807) is 19.1 Å². The summed E-state index contributed by atoms with van der Waals surface area (Å²) in [5, 5.41) is 3.98. The summed E-state index contributed by atoms with van der Waals surface area (Å²) in [5.74, 6) is -0.126. The summed E-state index contributed by atoms with van der Waals surface area (Å²) < 4.78 is 0. The van der Waals surface area contributed by atoms with Crippen LogP contribution in [0.2, 0.25) is 0 Å². The van der Waals surface area contributed by atoms with Gasteiger partial charge in [0.1, 0.15) is 5.71 Å². The lowest BCUT2D eigenvalue weighted by molar-refractivity contribution is -0.149. The number of carbonyl (C=O) groups excluding carboxylic acids is 2. The zero-order valence-electron chi connectivity index (χ0n) is 13.0. The fraction of sp³-hybridized carbons (Fsp3) is 0.588. The van der Waals surface area contributed by atoms with E-state index in [2.05, 4.69) is 5.16 Å². The van der Waals surface area contributed by atoms with Crippen LogP contribution in [-0.4, -0.2) is 17.5 Å². The molecule has 0 aliphatic heterocycles. The molecular formula is C17H23NO3. The van der Waals surface area contributed by atoms with Gasteiger partial charge in [-0.2, -0.15) is 0 Å². The highest BCUT2D eigenvalue weighted by molar-refractivity contribution is 6.21. The van der Waals surface area contributed by atoms with Gasteiger partial charge in [0.15, 0.2) is 5.78 Å². The molecule has 0 spiro atoms. The standard InChI is InChI=1S/C17H23NO3/c1-11(2)14-10-15(12(3)9-16(14)19)18-21-17(20)13-7-5-4-6-8-13/h9-11,13H,4-8H2,1-3H3. The average molecular weight is 289 g/mol. The number of oxime groups is 1. The molecule has 0 N–H and O–H groups in total. The van der Waals surface area contributed by atoms with Crippen molar-refractivity contribution >= 4 is 17.5 Å². The van der Waals surface area contributed by atoms with E-state index < -0.39 is 0 Å².